The Balaban J connectivity index is 0.000000194. The lowest BCUT2D eigenvalue weighted by Crippen LogP contribution is -2.15. The average Bonchev–Trinajstić information content (AvgIpc) is 3.86. The van der Waals surface area contributed by atoms with E-state index in [4.69, 9.17) is 0 Å². The molecule has 0 aliphatic carbocycles. The standard InChI is InChI=1S/C22H18FN3O2S3.C18H19N3O2S2/c1-15(29-19-9-5-8-18(23)14-19)21-24-22(30-25-21)26-31(27,28)20-12-10-17(11-13-20)16-6-3-2-4-7-16;1-18(2,3)16-19-17(24-20-16)21-25(22,23)15-11-9-14(10-12-15)13-7-5-4-6-8-13/h2-15H,1H3,(H,24,25,26);4-12H,1-3H3,(H,19,20,21)/t15-;/m1./s1. The zero-order valence-corrected chi connectivity index (χ0v) is 34.7. The molecule has 16 heteroatoms. The number of anilines is 2. The van der Waals surface area contributed by atoms with Crippen LogP contribution in [-0.4, -0.2) is 35.6 Å². The van der Waals surface area contributed by atoms with Crippen molar-refractivity contribution in [2.45, 2.75) is 53.0 Å². The number of hydrogen-bond acceptors (Lipinski definition) is 11. The number of rotatable bonds is 11. The van der Waals surface area contributed by atoms with E-state index in [1.54, 1.807) is 60.7 Å². The molecular formula is C40H37FN6O4S5. The Morgan fingerprint density at radius 1 is 0.607 bits per heavy atom. The Morgan fingerprint density at radius 2 is 1.07 bits per heavy atom. The fourth-order valence-corrected chi connectivity index (χ4v) is 9.95. The van der Waals surface area contributed by atoms with Crippen molar-refractivity contribution in [2.24, 2.45) is 0 Å². The molecule has 0 saturated carbocycles. The molecule has 0 radical (unpaired) electrons. The number of aromatic nitrogens is 4. The van der Waals surface area contributed by atoms with Gasteiger partial charge in [0.15, 0.2) is 5.82 Å². The van der Waals surface area contributed by atoms with Gasteiger partial charge in [0.25, 0.3) is 20.0 Å². The largest absolute Gasteiger partial charge is 0.263 e. The van der Waals surface area contributed by atoms with Gasteiger partial charge in [0.2, 0.25) is 10.3 Å². The van der Waals surface area contributed by atoms with Gasteiger partial charge in [-0.25, -0.2) is 31.2 Å². The van der Waals surface area contributed by atoms with Gasteiger partial charge in [0, 0.05) is 33.4 Å². The first-order valence-corrected chi connectivity index (χ1v) is 22.5. The van der Waals surface area contributed by atoms with E-state index in [9.17, 15) is 21.2 Å². The van der Waals surface area contributed by atoms with Crippen molar-refractivity contribution in [1.29, 1.82) is 0 Å². The fourth-order valence-electron chi connectivity index (χ4n) is 5.07. The van der Waals surface area contributed by atoms with Crippen molar-refractivity contribution < 1.29 is 21.2 Å². The molecule has 0 bridgehead atoms. The topological polar surface area (TPSA) is 144 Å². The Hall–Kier alpha value is -5.00. The predicted molar refractivity (Wildman–Crippen MR) is 225 cm³/mol. The van der Waals surface area contributed by atoms with E-state index in [0.29, 0.717) is 11.6 Å². The first-order valence-electron chi connectivity index (χ1n) is 17.1. The van der Waals surface area contributed by atoms with Gasteiger partial charge in [-0.15, -0.1) is 11.8 Å². The second kappa shape index (κ2) is 17.4. The SMILES string of the molecule is CC(C)(C)c1nsc(NS(=O)(=O)c2ccc(-c3ccccc3)cc2)n1.C[C@@H](Sc1cccc(F)c1)c1nsc(NS(=O)(=O)c2ccc(-c3ccccc3)cc2)n1. The van der Waals surface area contributed by atoms with Gasteiger partial charge in [-0.2, -0.15) is 8.75 Å². The highest BCUT2D eigenvalue weighted by Crippen LogP contribution is 2.35. The van der Waals surface area contributed by atoms with Crippen LogP contribution in [0.25, 0.3) is 22.3 Å². The number of benzene rings is 5. The van der Waals surface area contributed by atoms with Gasteiger partial charge in [0.05, 0.1) is 15.0 Å². The summed E-state index contributed by atoms with van der Waals surface area (Å²) in [5.74, 6) is 0.793. The highest BCUT2D eigenvalue weighted by Gasteiger charge is 2.23. The summed E-state index contributed by atoms with van der Waals surface area (Å²) in [6, 6.07) is 39.3. The normalized spacial score (nSPS) is 12.3. The minimum atomic E-state index is -3.79. The zero-order valence-electron chi connectivity index (χ0n) is 30.6. The summed E-state index contributed by atoms with van der Waals surface area (Å²) in [6.07, 6.45) is 0. The number of nitrogens with zero attached hydrogens (tertiary/aromatic N) is 4. The van der Waals surface area contributed by atoms with Gasteiger partial charge in [-0.3, -0.25) is 9.44 Å². The van der Waals surface area contributed by atoms with Crippen LogP contribution in [0.15, 0.2) is 148 Å². The van der Waals surface area contributed by atoms with Crippen LogP contribution in [0.1, 0.15) is 44.6 Å². The van der Waals surface area contributed by atoms with Crippen molar-refractivity contribution in [3.05, 3.63) is 151 Å². The summed E-state index contributed by atoms with van der Waals surface area (Å²) in [4.78, 5) is 9.67. The summed E-state index contributed by atoms with van der Waals surface area (Å²) < 4.78 is 77.4. The second-order valence-corrected chi connectivity index (χ2v) is 19.6. The molecule has 0 unspecified atom stereocenters. The summed E-state index contributed by atoms with van der Waals surface area (Å²) in [5, 5.41) is 0.298. The molecule has 56 heavy (non-hydrogen) atoms. The molecule has 0 saturated heterocycles. The quantitative estimate of drug-likeness (QED) is 0.122. The molecule has 10 nitrogen and oxygen atoms in total. The molecule has 0 aliphatic heterocycles. The highest BCUT2D eigenvalue weighted by atomic mass is 32.2. The predicted octanol–water partition coefficient (Wildman–Crippen LogP) is 10.3. The van der Waals surface area contributed by atoms with E-state index in [0.717, 1.165) is 50.2 Å². The number of halogens is 1. The van der Waals surface area contributed by atoms with Crippen molar-refractivity contribution in [1.82, 2.24) is 18.7 Å². The molecule has 2 N–H and O–H groups in total. The van der Waals surface area contributed by atoms with E-state index >= 15 is 0 Å². The number of nitrogens with one attached hydrogen (secondary N) is 2. The van der Waals surface area contributed by atoms with E-state index in [2.05, 4.69) is 28.2 Å². The summed E-state index contributed by atoms with van der Waals surface area (Å²) >= 11 is 3.42. The fraction of sp³-hybridized carbons (Fsp3) is 0.150. The number of hydrogen-bond donors (Lipinski definition) is 2. The van der Waals surface area contributed by atoms with E-state index in [-0.39, 0.29) is 36.5 Å². The maximum absolute atomic E-state index is 13.4. The van der Waals surface area contributed by atoms with Gasteiger partial charge in [0.1, 0.15) is 11.6 Å². The van der Waals surface area contributed by atoms with Crippen LogP contribution >= 0.6 is 34.8 Å². The number of sulfonamides is 2. The Morgan fingerprint density at radius 3 is 1.54 bits per heavy atom. The van der Waals surface area contributed by atoms with E-state index in [1.165, 1.54) is 23.9 Å². The first-order chi connectivity index (χ1) is 26.7. The van der Waals surface area contributed by atoms with Crippen LogP contribution < -0.4 is 9.44 Å². The lowest BCUT2D eigenvalue weighted by atomic mass is 9.96. The minimum Gasteiger partial charge on any atom is -0.253 e. The third-order valence-corrected chi connectivity index (χ3v) is 13.3. The molecule has 0 spiro atoms. The van der Waals surface area contributed by atoms with Crippen LogP contribution in [0.3, 0.4) is 0 Å². The molecule has 2 heterocycles. The van der Waals surface area contributed by atoms with Gasteiger partial charge >= 0.3 is 0 Å². The van der Waals surface area contributed by atoms with Crippen molar-refractivity contribution >= 4 is 65.1 Å². The molecule has 7 rings (SSSR count). The third kappa shape index (κ3) is 10.6. The average molecular weight is 845 g/mol. The lowest BCUT2D eigenvalue weighted by Gasteiger charge is -2.12. The zero-order chi connectivity index (χ0) is 39.9. The number of thioether (sulfide) groups is 1. The molecule has 2 aromatic heterocycles. The van der Waals surface area contributed by atoms with E-state index in [1.807, 2.05) is 88.4 Å². The Kier molecular flexibility index (Phi) is 12.7. The second-order valence-electron chi connectivity index (χ2n) is 13.3. The maximum atomic E-state index is 13.4. The van der Waals surface area contributed by atoms with Crippen LogP contribution in [0.4, 0.5) is 14.7 Å². The summed E-state index contributed by atoms with van der Waals surface area (Å²) in [7, 11) is -7.47. The van der Waals surface area contributed by atoms with Crippen LogP contribution in [0.5, 0.6) is 0 Å². The summed E-state index contributed by atoms with van der Waals surface area (Å²) in [6.45, 7) is 7.83. The Bertz CT molecular complexity index is 2600. The highest BCUT2D eigenvalue weighted by molar-refractivity contribution is 7.99. The van der Waals surface area contributed by atoms with Crippen LogP contribution in [-0.2, 0) is 25.5 Å². The molecule has 0 amide bonds. The summed E-state index contributed by atoms with van der Waals surface area (Å²) in [5.41, 5.74) is 3.72. The molecule has 0 fully saturated rings. The molecular weight excluding hydrogens is 808 g/mol. The molecule has 5 aromatic carbocycles. The molecule has 1 atom stereocenters. The van der Waals surface area contributed by atoms with Crippen molar-refractivity contribution in [3.63, 3.8) is 0 Å². The minimum absolute atomic E-state index is 0.145. The lowest BCUT2D eigenvalue weighted by molar-refractivity contribution is 0.555. The van der Waals surface area contributed by atoms with E-state index < -0.39 is 20.0 Å². The smallest absolute Gasteiger partial charge is 0.253 e. The van der Waals surface area contributed by atoms with Crippen molar-refractivity contribution in [2.75, 3.05) is 9.44 Å². The molecule has 0 aliphatic rings. The first kappa shape index (κ1) is 40.7. The molecule has 7 aromatic rings. The van der Waals surface area contributed by atoms with Crippen molar-refractivity contribution in [3.8, 4) is 22.3 Å². The molecule has 288 valence electrons. The van der Waals surface area contributed by atoms with Gasteiger partial charge in [-0.05, 0) is 71.6 Å². The van der Waals surface area contributed by atoms with Gasteiger partial charge < -0.3 is 0 Å². The maximum Gasteiger partial charge on any atom is 0.263 e. The van der Waals surface area contributed by atoms with Crippen LogP contribution in [0, 0.1) is 5.82 Å². The van der Waals surface area contributed by atoms with Gasteiger partial charge in [-0.1, -0.05) is 112 Å². The third-order valence-electron chi connectivity index (χ3n) is 8.00. The van der Waals surface area contributed by atoms with Crippen LogP contribution in [0.2, 0.25) is 0 Å². The monoisotopic (exact) mass is 844 g/mol. The Labute approximate surface area is 338 Å².